The fourth-order valence-corrected chi connectivity index (χ4v) is 3.12. The van der Waals surface area contributed by atoms with E-state index >= 15 is 0 Å². The highest BCUT2D eigenvalue weighted by Gasteiger charge is 2.32. The van der Waals surface area contributed by atoms with Crippen LogP contribution in [0.15, 0.2) is 0 Å². The van der Waals surface area contributed by atoms with Crippen LogP contribution in [0.3, 0.4) is 0 Å². The minimum atomic E-state index is 0.171. The fourth-order valence-electron chi connectivity index (χ4n) is 3.12. The Labute approximate surface area is 98.1 Å². The highest BCUT2D eigenvalue weighted by Crippen LogP contribution is 2.25. The van der Waals surface area contributed by atoms with Crippen LogP contribution in [0.25, 0.3) is 0 Å². The number of hydrogen-bond donors (Lipinski definition) is 0. The van der Waals surface area contributed by atoms with E-state index in [0.717, 1.165) is 39.1 Å². The van der Waals surface area contributed by atoms with Crippen molar-refractivity contribution >= 4 is 5.78 Å². The molecule has 3 heteroatoms. The van der Waals surface area contributed by atoms with Crippen molar-refractivity contribution in [1.29, 1.82) is 0 Å². The van der Waals surface area contributed by atoms with Crippen molar-refractivity contribution in [2.45, 2.75) is 45.1 Å². The molecule has 16 heavy (non-hydrogen) atoms. The molecule has 2 rings (SSSR count). The second kappa shape index (κ2) is 5.78. The first-order chi connectivity index (χ1) is 7.79. The van der Waals surface area contributed by atoms with Gasteiger partial charge in [-0.2, -0.15) is 0 Å². The van der Waals surface area contributed by atoms with Gasteiger partial charge in [0.05, 0.1) is 6.04 Å². The molecule has 92 valence electrons. The zero-order chi connectivity index (χ0) is 11.4. The predicted molar refractivity (Wildman–Crippen MR) is 63.4 cm³/mol. The van der Waals surface area contributed by atoms with Crippen LogP contribution in [0.4, 0.5) is 0 Å². The third kappa shape index (κ3) is 2.83. The van der Waals surface area contributed by atoms with Crippen LogP contribution in [0.1, 0.15) is 39.0 Å². The molecule has 1 atom stereocenters. The monoisotopic (exact) mass is 225 g/mol. The Morgan fingerprint density at radius 3 is 2.38 bits per heavy atom. The molecule has 2 saturated heterocycles. The molecular weight excluding hydrogens is 202 g/mol. The van der Waals surface area contributed by atoms with E-state index in [4.69, 9.17) is 4.74 Å². The van der Waals surface area contributed by atoms with E-state index in [1.165, 1.54) is 19.3 Å². The number of carbonyl (C=O) groups is 1. The van der Waals surface area contributed by atoms with Crippen molar-refractivity contribution in [1.82, 2.24) is 4.90 Å². The summed E-state index contributed by atoms with van der Waals surface area (Å²) in [6.45, 7) is 5.66. The van der Waals surface area contributed by atoms with E-state index in [1.54, 1.807) is 6.92 Å². The molecule has 2 heterocycles. The predicted octanol–water partition coefficient (Wildman–Crippen LogP) is 1.86. The standard InChI is InChI=1S/C13H23NO2/c1-11(15)13(12-5-9-16-10-6-12)14-7-3-2-4-8-14/h12-13H,2-10H2,1H3. The van der Waals surface area contributed by atoms with E-state index < -0.39 is 0 Å². The largest absolute Gasteiger partial charge is 0.381 e. The smallest absolute Gasteiger partial charge is 0.147 e. The molecule has 0 spiro atoms. The maximum absolute atomic E-state index is 11.9. The van der Waals surface area contributed by atoms with Gasteiger partial charge in [0.2, 0.25) is 0 Å². The van der Waals surface area contributed by atoms with Crippen LogP contribution in [0.2, 0.25) is 0 Å². The molecule has 0 aromatic carbocycles. The molecule has 1 unspecified atom stereocenters. The lowest BCUT2D eigenvalue weighted by atomic mass is 9.87. The number of carbonyl (C=O) groups excluding carboxylic acids is 1. The number of Topliss-reactive ketones (excluding diaryl/α,β-unsaturated/α-hetero) is 1. The van der Waals surface area contributed by atoms with Gasteiger partial charge in [-0.05, 0) is 51.6 Å². The van der Waals surface area contributed by atoms with Crippen LogP contribution >= 0.6 is 0 Å². The van der Waals surface area contributed by atoms with Crippen molar-refractivity contribution < 1.29 is 9.53 Å². The Balaban J connectivity index is 1.99. The highest BCUT2D eigenvalue weighted by molar-refractivity contribution is 5.81. The first-order valence-corrected chi connectivity index (χ1v) is 6.61. The molecular formula is C13H23NO2. The van der Waals surface area contributed by atoms with Gasteiger partial charge in [-0.15, -0.1) is 0 Å². The Morgan fingerprint density at radius 1 is 1.19 bits per heavy atom. The third-order valence-electron chi connectivity index (χ3n) is 3.91. The van der Waals surface area contributed by atoms with Crippen molar-refractivity contribution in [3.05, 3.63) is 0 Å². The van der Waals surface area contributed by atoms with Gasteiger partial charge in [-0.3, -0.25) is 9.69 Å². The van der Waals surface area contributed by atoms with E-state index in [2.05, 4.69) is 4.90 Å². The van der Waals surface area contributed by atoms with Crippen LogP contribution in [0.5, 0.6) is 0 Å². The number of rotatable bonds is 3. The Bertz CT molecular complexity index is 212. The van der Waals surface area contributed by atoms with E-state index in [1.807, 2.05) is 0 Å². The molecule has 2 aliphatic rings. The topological polar surface area (TPSA) is 29.5 Å². The summed E-state index contributed by atoms with van der Waals surface area (Å²) in [6, 6.07) is 0.171. The molecule has 0 radical (unpaired) electrons. The second-order valence-electron chi connectivity index (χ2n) is 5.10. The molecule has 0 amide bonds. The zero-order valence-electron chi connectivity index (χ0n) is 10.3. The quantitative estimate of drug-likeness (QED) is 0.734. The number of likely N-dealkylation sites (tertiary alicyclic amines) is 1. The summed E-state index contributed by atoms with van der Waals surface area (Å²) in [4.78, 5) is 14.3. The van der Waals surface area contributed by atoms with Gasteiger partial charge < -0.3 is 4.74 Å². The van der Waals surface area contributed by atoms with Gasteiger partial charge in [0, 0.05) is 13.2 Å². The lowest BCUT2D eigenvalue weighted by molar-refractivity contribution is -0.126. The maximum Gasteiger partial charge on any atom is 0.147 e. The van der Waals surface area contributed by atoms with E-state index in [0.29, 0.717) is 11.7 Å². The molecule has 0 saturated carbocycles. The molecule has 0 bridgehead atoms. The van der Waals surface area contributed by atoms with Gasteiger partial charge in [0.1, 0.15) is 5.78 Å². The number of ketones is 1. The Hall–Kier alpha value is -0.410. The molecule has 2 fully saturated rings. The van der Waals surface area contributed by atoms with Gasteiger partial charge in [0.25, 0.3) is 0 Å². The first kappa shape index (κ1) is 12.1. The summed E-state index contributed by atoms with van der Waals surface area (Å²) in [6.07, 6.45) is 5.95. The van der Waals surface area contributed by atoms with Crippen molar-refractivity contribution in [2.75, 3.05) is 26.3 Å². The first-order valence-electron chi connectivity index (χ1n) is 6.61. The van der Waals surface area contributed by atoms with Gasteiger partial charge in [0.15, 0.2) is 0 Å². The van der Waals surface area contributed by atoms with Gasteiger partial charge >= 0.3 is 0 Å². The van der Waals surface area contributed by atoms with Crippen LogP contribution in [-0.2, 0) is 9.53 Å². The number of hydrogen-bond acceptors (Lipinski definition) is 3. The Kier molecular flexibility index (Phi) is 4.36. The lowest BCUT2D eigenvalue weighted by Crippen LogP contribution is -2.49. The zero-order valence-corrected chi connectivity index (χ0v) is 10.3. The van der Waals surface area contributed by atoms with Crippen LogP contribution < -0.4 is 0 Å². The SMILES string of the molecule is CC(=O)C(C1CCOCC1)N1CCCCC1. The molecule has 0 aromatic heterocycles. The fraction of sp³-hybridized carbons (Fsp3) is 0.923. The Morgan fingerprint density at radius 2 is 1.81 bits per heavy atom. The summed E-state index contributed by atoms with van der Waals surface area (Å²) in [7, 11) is 0. The normalized spacial score (nSPS) is 26.6. The minimum Gasteiger partial charge on any atom is -0.381 e. The van der Waals surface area contributed by atoms with E-state index in [9.17, 15) is 4.79 Å². The molecule has 2 aliphatic heterocycles. The van der Waals surface area contributed by atoms with Crippen molar-refractivity contribution in [3.63, 3.8) is 0 Å². The van der Waals surface area contributed by atoms with Gasteiger partial charge in [-0.25, -0.2) is 0 Å². The number of ether oxygens (including phenoxy) is 1. The van der Waals surface area contributed by atoms with Crippen LogP contribution in [0, 0.1) is 5.92 Å². The number of nitrogens with zero attached hydrogens (tertiary/aromatic N) is 1. The van der Waals surface area contributed by atoms with Crippen LogP contribution in [-0.4, -0.2) is 43.0 Å². The maximum atomic E-state index is 11.9. The summed E-state index contributed by atoms with van der Waals surface area (Å²) >= 11 is 0. The average Bonchev–Trinajstić information content (AvgIpc) is 2.31. The summed E-state index contributed by atoms with van der Waals surface area (Å²) in [5.41, 5.74) is 0. The third-order valence-corrected chi connectivity index (χ3v) is 3.91. The molecule has 0 aliphatic carbocycles. The van der Waals surface area contributed by atoms with E-state index in [-0.39, 0.29) is 6.04 Å². The highest BCUT2D eigenvalue weighted by atomic mass is 16.5. The summed E-state index contributed by atoms with van der Waals surface area (Å²) in [5, 5.41) is 0. The lowest BCUT2D eigenvalue weighted by Gasteiger charge is -2.39. The van der Waals surface area contributed by atoms with Crippen molar-refractivity contribution in [2.24, 2.45) is 5.92 Å². The van der Waals surface area contributed by atoms with Crippen molar-refractivity contribution in [3.8, 4) is 0 Å². The summed E-state index contributed by atoms with van der Waals surface area (Å²) in [5.74, 6) is 0.887. The molecule has 3 nitrogen and oxygen atoms in total. The van der Waals surface area contributed by atoms with Gasteiger partial charge in [-0.1, -0.05) is 6.42 Å². The summed E-state index contributed by atoms with van der Waals surface area (Å²) < 4.78 is 5.39. The second-order valence-corrected chi connectivity index (χ2v) is 5.10. The minimum absolute atomic E-state index is 0.171. The number of piperidine rings is 1. The molecule has 0 aromatic rings. The molecule has 0 N–H and O–H groups in total. The average molecular weight is 225 g/mol.